The van der Waals surface area contributed by atoms with E-state index in [0.717, 1.165) is 5.56 Å². The van der Waals surface area contributed by atoms with Crippen molar-refractivity contribution in [2.45, 2.75) is 32.4 Å². The number of ether oxygens (including phenoxy) is 1. The highest BCUT2D eigenvalue weighted by molar-refractivity contribution is 5.84. The lowest BCUT2D eigenvalue weighted by Gasteiger charge is -2.12. The van der Waals surface area contributed by atoms with Crippen LogP contribution in [-0.4, -0.2) is 21.4 Å². The summed E-state index contributed by atoms with van der Waals surface area (Å²) in [5.41, 5.74) is 0.410. The highest BCUT2D eigenvalue weighted by atomic mass is 16.5. The van der Waals surface area contributed by atoms with E-state index in [1.54, 1.807) is 0 Å². The Morgan fingerprint density at radius 3 is 2.79 bits per heavy atom. The molecule has 1 unspecified atom stereocenters. The molecular weight excluding hydrogens is 310 g/mol. The highest BCUT2D eigenvalue weighted by Crippen LogP contribution is 2.23. The molecule has 1 N–H and O–H groups in total. The summed E-state index contributed by atoms with van der Waals surface area (Å²) in [5.74, 6) is 0.463. The number of hydrogen-bond donors (Lipinski definition) is 1. The standard InChI is InChI=1S/C17H17N3O4/c1-11(21)14-7-8-15-18-9-13(16(22)20(14)15)19-17(23)24-10-12-5-3-2-4-6-12/h2-6,9,14H,7-8,10H2,1H3,(H,19,23). The van der Waals surface area contributed by atoms with Crippen LogP contribution >= 0.6 is 0 Å². The Morgan fingerprint density at radius 2 is 2.08 bits per heavy atom. The van der Waals surface area contributed by atoms with E-state index in [1.165, 1.54) is 17.7 Å². The summed E-state index contributed by atoms with van der Waals surface area (Å²) in [6.45, 7) is 1.54. The van der Waals surface area contributed by atoms with Crippen LogP contribution in [0, 0.1) is 0 Å². The Kier molecular flexibility index (Phi) is 4.41. The Hall–Kier alpha value is -2.96. The number of amides is 1. The number of carbonyl (C=O) groups is 2. The van der Waals surface area contributed by atoms with Crippen molar-refractivity contribution >= 4 is 17.6 Å². The van der Waals surface area contributed by atoms with Gasteiger partial charge in [0, 0.05) is 6.42 Å². The molecule has 1 aromatic carbocycles. The van der Waals surface area contributed by atoms with Gasteiger partial charge in [0.2, 0.25) is 0 Å². The third-order valence-electron chi connectivity index (χ3n) is 3.94. The van der Waals surface area contributed by atoms with Gasteiger partial charge in [-0.15, -0.1) is 0 Å². The largest absolute Gasteiger partial charge is 0.444 e. The molecule has 0 fully saturated rings. The molecule has 1 aromatic heterocycles. The molecule has 7 nitrogen and oxygen atoms in total. The van der Waals surface area contributed by atoms with E-state index in [0.29, 0.717) is 18.7 Å². The molecule has 3 rings (SSSR count). The van der Waals surface area contributed by atoms with E-state index < -0.39 is 17.7 Å². The second kappa shape index (κ2) is 6.66. The number of nitrogens with one attached hydrogen (secondary N) is 1. The van der Waals surface area contributed by atoms with Crippen molar-refractivity contribution in [1.82, 2.24) is 9.55 Å². The summed E-state index contributed by atoms with van der Waals surface area (Å²) in [4.78, 5) is 40.2. The van der Waals surface area contributed by atoms with Gasteiger partial charge in [0.1, 0.15) is 18.1 Å². The van der Waals surface area contributed by atoms with Crippen molar-refractivity contribution in [1.29, 1.82) is 0 Å². The van der Waals surface area contributed by atoms with Crippen LogP contribution in [0.15, 0.2) is 41.3 Å². The lowest BCUT2D eigenvalue weighted by Crippen LogP contribution is -2.30. The predicted octanol–water partition coefficient (Wildman–Crippen LogP) is 2.07. The second-order valence-electron chi connectivity index (χ2n) is 5.62. The van der Waals surface area contributed by atoms with Gasteiger partial charge in [0.05, 0.1) is 12.2 Å². The van der Waals surface area contributed by atoms with Crippen LogP contribution in [0.3, 0.4) is 0 Å². The Bertz CT molecular complexity index is 829. The zero-order valence-corrected chi connectivity index (χ0v) is 13.2. The lowest BCUT2D eigenvalue weighted by atomic mass is 10.1. The minimum Gasteiger partial charge on any atom is -0.444 e. The number of hydrogen-bond acceptors (Lipinski definition) is 5. The van der Waals surface area contributed by atoms with Crippen molar-refractivity contribution in [2.24, 2.45) is 0 Å². The van der Waals surface area contributed by atoms with Gasteiger partial charge in [-0.3, -0.25) is 19.5 Å². The fourth-order valence-electron chi connectivity index (χ4n) is 2.74. The van der Waals surface area contributed by atoms with Gasteiger partial charge in [-0.1, -0.05) is 30.3 Å². The normalized spacial score (nSPS) is 15.6. The van der Waals surface area contributed by atoms with Gasteiger partial charge in [-0.05, 0) is 18.9 Å². The molecule has 1 atom stereocenters. The molecule has 0 bridgehead atoms. The van der Waals surface area contributed by atoms with Crippen LogP contribution in [0.5, 0.6) is 0 Å². The van der Waals surface area contributed by atoms with E-state index >= 15 is 0 Å². The first-order valence-corrected chi connectivity index (χ1v) is 7.65. The van der Waals surface area contributed by atoms with Crippen molar-refractivity contribution in [3.8, 4) is 0 Å². The maximum atomic E-state index is 12.5. The summed E-state index contributed by atoms with van der Waals surface area (Å²) in [6, 6.07) is 8.70. The van der Waals surface area contributed by atoms with Crippen molar-refractivity contribution in [3.63, 3.8) is 0 Å². The van der Waals surface area contributed by atoms with Crippen LogP contribution in [0.2, 0.25) is 0 Å². The molecular formula is C17H17N3O4. The van der Waals surface area contributed by atoms with E-state index in [2.05, 4.69) is 10.3 Å². The number of Topliss-reactive ketones (excluding diaryl/α,β-unsaturated/α-hetero) is 1. The molecule has 0 spiro atoms. The van der Waals surface area contributed by atoms with E-state index in [9.17, 15) is 14.4 Å². The van der Waals surface area contributed by atoms with Gasteiger partial charge in [-0.25, -0.2) is 9.78 Å². The predicted molar refractivity (Wildman–Crippen MR) is 86.8 cm³/mol. The van der Waals surface area contributed by atoms with E-state index in [4.69, 9.17) is 4.74 Å². The van der Waals surface area contributed by atoms with Crippen molar-refractivity contribution in [3.05, 3.63) is 58.3 Å². The summed E-state index contributed by atoms with van der Waals surface area (Å²) in [5, 5.41) is 2.40. The molecule has 0 saturated heterocycles. The number of aryl methyl sites for hydroxylation is 1. The van der Waals surface area contributed by atoms with E-state index in [-0.39, 0.29) is 18.1 Å². The molecule has 0 aliphatic carbocycles. The Morgan fingerprint density at radius 1 is 1.33 bits per heavy atom. The molecule has 2 aromatic rings. The number of nitrogens with zero attached hydrogens (tertiary/aromatic N) is 2. The molecule has 2 heterocycles. The summed E-state index contributed by atoms with van der Waals surface area (Å²) < 4.78 is 6.44. The fourth-order valence-corrected chi connectivity index (χ4v) is 2.74. The van der Waals surface area contributed by atoms with Gasteiger partial charge in [-0.2, -0.15) is 0 Å². The van der Waals surface area contributed by atoms with Crippen LogP contribution in [-0.2, 0) is 22.6 Å². The monoisotopic (exact) mass is 327 g/mol. The third-order valence-corrected chi connectivity index (χ3v) is 3.94. The maximum absolute atomic E-state index is 12.5. The maximum Gasteiger partial charge on any atom is 0.412 e. The molecule has 0 saturated carbocycles. The average Bonchev–Trinajstić information content (AvgIpc) is 3.02. The molecule has 124 valence electrons. The quantitative estimate of drug-likeness (QED) is 0.928. The zero-order valence-electron chi connectivity index (χ0n) is 13.2. The SMILES string of the molecule is CC(=O)C1CCc2ncc(NC(=O)OCc3ccccc3)c(=O)n21. The molecule has 0 radical (unpaired) electrons. The van der Waals surface area contributed by atoms with Crippen LogP contribution < -0.4 is 10.9 Å². The Labute approximate surface area is 138 Å². The first-order valence-electron chi connectivity index (χ1n) is 7.65. The lowest BCUT2D eigenvalue weighted by molar-refractivity contribution is -0.119. The van der Waals surface area contributed by atoms with Crippen molar-refractivity contribution in [2.75, 3.05) is 5.32 Å². The molecule has 24 heavy (non-hydrogen) atoms. The second-order valence-corrected chi connectivity index (χ2v) is 5.62. The van der Waals surface area contributed by atoms with Crippen LogP contribution in [0.25, 0.3) is 0 Å². The molecule has 1 amide bonds. The number of fused-ring (bicyclic) bond motifs is 1. The molecule has 7 heteroatoms. The van der Waals surface area contributed by atoms with Gasteiger partial charge < -0.3 is 4.74 Å². The number of benzene rings is 1. The topological polar surface area (TPSA) is 90.3 Å². The van der Waals surface area contributed by atoms with Gasteiger partial charge in [0.15, 0.2) is 5.78 Å². The summed E-state index contributed by atoms with van der Waals surface area (Å²) in [6.07, 6.45) is 1.69. The summed E-state index contributed by atoms with van der Waals surface area (Å²) >= 11 is 0. The number of aromatic nitrogens is 2. The third kappa shape index (κ3) is 3.19. The van der Waals surface area contributed by atoms with Crippen molar-refractivity contribution < 1.29 is 14.3 Å². The minimum absolute atomic E-state index is 0.00459. The van der Waals surface area contributed by atoms with Crippen LogP contribution in [0.4, 0.5) is 10.5 Å². The average molecular weight is 327 g/mol. The highest BCUT2D eigenvalue weighted by Gasteiger charge is 2.28. The first kappa shape index (κ1) is 15.9. The van der Waals surface area contributed by atoms with E-state index in [1.807, 2.05) is 30.3 Å². The number of rotatable bonds is 4. The van der Waals surface area contributed by atoms with Gasteiger partial charge >= 0.3 is 6.09 Å². The fraction of sp³-hybridized carbons (Fsp3) is 0.294. The number of anilines is 1. The zero-order chi connectivity index (χ0) is 17.1. The Balaban J connectivity index is 1.72. The first-order chi connectivity index (χ1) is 11.6. The number of ketones is 1. The smallest absolute Gasteiger partial charge is 0.412 e. The number of carbonyl (C=O) groups excluding carboxylic acids is 2. The van der Waals surface area contributed by atoms with Gasteiger partial charge in [0.25, 0.3) is 5.56 Å². The minimum atomic E-state index is -0.740. The molecule has 1 aliphatic rings. The summed E-state index contributed by atoms with van der Waals surface area (Å²) in [7, 11) is 0. The van der Waals surface area contributed by atoms with Crippen LogP contribution in [0.1, 0.15) is 30.8 Å². The molecule has 1 aliphatic heterocycles.